The highest BCUT2D eigenvalue weighted by Crippen LogP contribution is 2.03. The predicted octanol–water partition coefficient (Wildman–Crippen LogP) is 1.58. The van der Waals surface area contributed by atoms with Gasteiger partial charge < -0.3 is 4.52 Å². The molecule has 1 aromatic heterocycles. The van der Waals surface area contributed by atoms with Crippen molar-refractivity contribution in [2.75, 3.05) is 12.0 Å². The lowest BCUT2D eigenvalue weighted by Gasteiger charge is -1.87. The Hall–Kier alpha value is 0.220. The molecule has 0 aliphatic rings. The van der Waals surface area contributed by atoms with Crippen LogP contribution in [-0.2, 0) is 6.42 Å². The molecule has 0 bridgehead atoms. The molecule has 0 radical (unpaired) electrons. The van der Waals surface area contributed by atoms with Gasteiger partial charge in [-0.15, -0.1) is 0 Å². The molecule has 56 valence electrons. The van der Waals surface area contributed by atoms with Gasteiger partial charge in [0, 0.05) is 34.8 Å². The SMILES string of the molecule is CSCCc1nc(I)no1. The first-order valence-electron chi connectivity index (χ1n) is 2.80. The number of hydrogen-bond acceptors (Lipinski definition) is 4. The Labute approximate surface area is 77.1 Å². The molecule has 0 N–H and O–H groups in total. The van der Waals surface area contributed by atoms with Crippen molar-refractivity contribution < 1.29 is 4.52 Å². The largest absolute Gasteiger partial charge is 0.338 e. The van der Waals surface area contributed by atoms with E-state index in [9.17, 15) is 0 Å². The third-order valence-electron chi connectivity index (χ3n) is 0.963. The maximum atomic E-state index is 4.88. The summed E-state index contributed by atoms with van der Waals surface area (Å²) in [5, 5.41) is 3.66. The summed E-state index contributed by atoms with van der Waals surface area (Å²) >= 11 is 3.81. The molecule has 10 heavy (non-hydrogen) atoms. The molecule has 3 nitrogen and oxygen atoms in total. The van der Waals surface area contributed by atoms with Crippen molar-refractivity contribution in [3.63, 3.8) is 0 Å². The number of aryl methyl sites for hydroxylation is 1. The third kappa shape index (κ3) is 2.45. The summed E-state index contributed by atoms with van der Waals surface area (Å²) in [6.45, 7) is 0. The van der Waals surface area contributed by atoms with Crippen LogP contribution in [-0.4, -0.2) is 22.1 Å². The Bertz CT molecular complexity index is 203. The van der Waals surface area contributed by atoms with Gasteiger partial charge >= 0.3 is 0 Å². The fourth-order valence-electron chi connectivity index (χ4n) is 0.525. The summed E-state index contributed by atoms with van der Waals surface area (Å²) in [6, 6.07) is 0. The zero-order chi connectivity index (χ0) is 7.40. The minimum absolute atomic E-state index is 0.689. The minimum Gasteiger partial charge on any atom is -0.338 e. The van der Waals surface area contributed by atoms with Crippen molar-refractivity contribution in [3.8, 4) is 0 Å². The second-order valence-corrected chi connectivity index (χ2v) is 3.65. The van der Waals surface area contributed by atoms with Crippen molar-refractivity contribution >= 4 is 34.4 Å². The van der Waals surface area contributed by atoms with Gasteiger partial charge in [0.05, 0.1) is 0 Å². The number of halogens is 1. The van der Waals surface area contributed by atoms with Gasteiger partial charge in [0.15, 0.2) is 0 Å². The van der Waals surface area contributed by atoms with Gasteiger partial charge in [0.1, 0.15) is 0 Å². The topological polar surface area (TPSA) is 38.9 Å². The van der Waals surface area contributed by atoms with E-state index in [4.69, 9.17) is 4.52 Å². The second-order valence-electron chi connectivity index (χ2n) is 1.70. The normalized spacial score (nSPS) is 10.2. The molecule has 1 heterocycles. The average Bonchev–Trinajstić information content (AvgIpc) is 2.31. The zero-order valence-corrected chi connectivity index (χ0v) is 8.48. The van der Waals surface area contributed by atoms with E-state index in [1.165, 1.54) is 0 Å². The highest BCUT2D eigenvalue weighted by Gasteiger charge is 2.00. The Morgan fingerprint density at radius 1 is 1.70 bits per heavy atom. The molecule has 0 atom stereocenters. The van der Waals surface area contributed by atoms with E-state index in [1.54, 1.807) is 11.8 Å². The van der Waals surface area contributed by atoms with E-state index in [2.05, 4.69) is 16.4 Å². The molecular weight excluding hydrogens is 263 g/mol. The number of rotatable bonds is 3. The fraction of sp³-hybridized carbons (Fsp3) is 0.600. The summed E-state index contributed by atoms with van der Waals surface area (Å²) in [4.78, 5) is 4.04. The van der Waals surface area contributed by atoms with Crippen molar-refractivity contribution in [2.24, 2.45) is 0 Å². The lowest BCUT2D eigenvalue weighted by atomic mass is 10.5. The molecule has 0 unspecified atom stereocenters. The molecule has 0 aromatic carbocycles. The van der Waals surface area contributed by atoms with Crippen LogP contribution in [0.4, 0.5) is 0 Å². The second kappa shape index (κ2) is 4.17. The Kier molecular flexibility index (Phi) is 3.47. The van der Waals surface area contributed by atoms with Gasteiger partial charge in [0.25, 0.3) is 0 Å². The van der Waals surface area contributed by atoms with Crippen LogP contribution in [0.5, 0.6) is 0 Å². The van der Waals surface area contributed by atoms with Gasteiger partial charge in [-0.1, -0.05) is 5.16 Å². The summed E-state index contributed by atoms with van der Waals surface area (Å²) in [7, 11) is 0. The number of aromatic nitrogens is 2. The summed E-state index contributed by atoms with van der Waals surface area (Å²) < 4.78 is 5.57. The van der Waals surface area contributed by atoms with E-state index >= 15 is 0 Å². The van der Waals surface area contributed by atoms with E-state index in [0.29, 0.717) is 3.83 Å². The lowest BCUT2D eigenvalue weighted by molar-refractivity contribution is 0.379. The summed E-state index contributed by atoms with van der Waals surface area (Å²) in [6.07, 6.45) is 2.93. The van der Waals surface area contributed by atoms with Crippen molar-refractivity contribution in [1.29, 1.82) is 0 Å². The molecule has 0 aliphatic carbocycles. The Morgan fingerprint density at radius 2 is 2.50 bits per heavy atom. The molecule has 1 aromatic rings. The molecule has 0 amide bonds. The van der Waals surface area contributed by atoms with E-state index < -0.39 is 0 Å². The molecule has 0 saturated carbocycles. The maximum Gasteiger partial charge on any atom is 0.232 e. The van der Waals surface area contributed by atoms with Gasteiger partial charge in [-0.3, -0.25) is 0 Å². The van der Waals surface area contributed by atoms with Gasteiger partial charge in [-0.25, -0.2) is 0 Å². The average molecular weight is 270 g/mol. The van der Waals surface area contributed by atoms with Crippen molar-refractivity contribution in [3.05, 3.63) is 9.72 Å². The molecule has 5 heteroatoms. The minimum atomic E-state index is 0.689. The zero-order valence-electron chi connectivity index (χ0n) is 5.50. The fourth-order valence-corrected chi connectivity index (χ4v) is 1.27. The first-order valence-corrected chi connectivity index (χ1v) is 5.27. The van der Waals surface area contributed by atoms with Crippen LogP contribution in [0.15, 0.2) is 4.52 Å². The van der Waals surface area contributed by atoms with E-state index in [-0.39, 0.29) is 0 Å². The third-order valence-corrected chi connectivity index (χ3v) is 2.01. The van der Waals surface area contributed by atoms with Crippen molar-refractivity contribution in [2.45, 2.75) is 6.42 Å². The van der Waals surface area contributed by atoms with Gasteiger partial charge in [0.2, 0.25) is 9.72 Å². The predicted molar refractivity (Wildman–Crippen MR) is 49.1 cm³/mol. The van der Waals surface area contributed by atoms with Gasteiger partial charge in [-0.05, 0) is 6.26 Å². The first-order chi connectivity index (χ1) is 4.83. The summed E-state index contributed by atoms with van der Waals surface area (Å²) in [5.74, 6) is 1.77. The monoisotopic (exact) mass is 270 g/mol. The van der Waals surface area contributed by atoms with Crippen LogP contribution in [0.1, 0.15) is 5.89 Å². The molecular formula is C5H7IN2OS. The van der Waals surface area contributed by atoms with Crippen LogP contribution < -0.4 is 0 Å². The Morgan fingerprint density at radius 3 is 3.00 bits per heavy atom. The number of thioether (sulfide) groups is 1. The highest BCUT2D eigenvalue weighted by molar-refractivity contribution is 14.1. The molecule has 1 rings (SSSR count). The van der Waals surface area contributed by atoms with Gasteiger partial charge in [-0.2, -0.15) is 16.7 Å². The molecule has 0 spiro atoms. The standard InChI is InChI=1S/C5H7IN2OS/c1-10-3-2-4-7-5(6)8-9-4/h2-3H2,1H3. The smallest absolute Gasteiger partial charge is 0.232 e. The maximum absolute atomic E-state index is 4.88. The molecule has 0 aliphatic heterocycles. The quantitative estimate of drug-likeness (QED) is 0.782. The first kappa shape index (κ1) is 8.32. The number of hydrogen-bond donors (Lipinski definition) is 0. The van der Waals surface area contributed by atoms with E-state index in [0.717, 1.165) is 18.1 Å². The molecule has 0 saturated heterocycles. The molecule has 0 fully saturated rings. The summed E-state index contributed by atoms with van der Waals surface area (Å²) in [5.41, 5.74) is 0. The van der Waals surface area contributed by atoms with Crippen LogP contribution in [0.25, 0.3) is 0 Å². The van der Waals surface area contributed by atoms with E-state index in [1.807, 2.05) is 22.6 Å². The van der Waals surface area contributed by atoms with Crippen molar-refractivity contribution in [1.82, 2.24) is 10.1 Å². The van der Waals surface area contributed by atoms with Crippen LogP contribution >= 0.6 is 34.4 Å². The number of nitrogens with zero attached hydrogens (tertiary/aromatic N) is 2. The van der Waals surface area contributed by atoms with Crippen LogP contribution in [0.2, 0.25) is 0 Å². The van der Waals surface area contributed by atoms with Crippen LogP contribution in [0, 0.1) is 3.83 Å². The highest BCUT2D eigenvalue weighted by atomic mass is 127. The van der Waals surface area contributed by atoms with Crippen LogP contribution in [0.3, 0.4) is 0 Å². The lowest BCUT2D eigenvalue weighted by Crippen LogP contribution is -1.87. The Balaban J connectivity index is 2.42.